The molecule has 0 aliphatic heterocycles. The minimum absolute atomic E-state index is 0.272. The summed E-state index contributed by atoms with van der Waals surface area (Å²) >= 11 is 0. The number of hydrogen-bond donors (Lipinski definition) is 1. The number of imidazole rings is 1. The molecule has 0 saturated carbocycles. The van der Waals surface area contributed by atoms with Crippen molar-refractivity contribution in [3.05, 3.63) is 36.7 Å². The molecule has 0 amide bonds. The van der Waals surface area contributed by atoms with E-state index in [9.17, 15) is 5.11 Å². The van der Waals surface area contributed by atoms with Crippen molar-refractivity contribution in [3.8, 4) is 17.1 Å². The quantitative estimate of drug-likeness (QED) is 0.785. The molecule has 3 heteroatoms. The second-order valence-electron chi connectivity index (χ2n) is 3.05. The molecule has 1 aromatic heterocycles. The maximum atomic E-state index is 9.65. The summed E-state index contributed by atoms with van der Waals surface area (Å²) in [5.41, 5.74) is 0.777. The molecule has 0 bridgehead atoms. The van der Waals surface area contributed by atoms with E-state index in [2.05, 4.69) is 4.98 Å². The molecule has 0 radical (unpaired) electrons. The predicted octanol–water partition coefficient (Wildman–Crippen LogP) is 2.28. The summed E-state index contributed by atoms with van der Waals surface area (Å²) in [6.07, 6.45) is 3.65. The Hall–Kier alpha value is -1.77. The Labute approximate surface area is 82.7 Å². The van der Waals surface area contributed by atoms with E-state index in [1.165, 1.54) is 0 Å². The van der Waals surface area contributed by atoms with Crippen molar-refractivity contribution in [2.24, 2.45) is 0 Å². The summed E-state index contributed by atoms with van der Waals surface area (Å²) in [7, 11) is 0. The molecule has 0 atom stereocenters. The highest BCUT2D eigenvalue weighted by atomic mass is 16.3. The van der Waals surface area contributed by atoms with E-state index in [0.29, 0.717) is 0 Å². The average molecular weight is 188 g/mol. The summed E-state index contributed by atoms with van der Waals surface area (Å²) in [6.45, 7) is 2.90. The molecule has 1 N–H and O–H groups in total. The van der Waals surface area contributed by atoms with Crippen LogP contribution in [0.1, 0.15) is 6.92 Å². The third-order valence-electron chi connectivity index (χ3n) is 2.20. The van der Waals surface area contributed by atoms with E-state index in [1.807, 2.05) is 29.8 Å². The van der Waals surface area contributed by atoms with Crippen LogP contribution in [0.5, 0.6) is 5.75 Å². The molecule has 72 valence electrons. The van der Waals surface area contributed by atoms with Crippen LogP contribution < -0.4 is 0 Å². The Morgan fingerprint density at radius 3 is 2.86 bits per heavy atom. The molecule has 0 fully saturated rings. The topological polar surface area (TPSA) is 38.0 Å². The van der Waals surface area contributed by atoms with Crippen LogP contribution in [0.4, 0.5) is 0 Å². The lowest BCUT2D eigenvalue weighted by atomic mass is 10.2. The zero-order valence-electron chi connectivity index (χ0n) is 8.01. The van der Waals surface area contributed by atoms with E-state index in [0.717, 1.165) is 17.9 Å². The molecule has 3 nitrogen and oxygen atoms in total. The first-order chi connectivity index (χ1) is 6.83. The zero-order valence-corrected chi connectivity index (χ0v) is 8.01. The van der Waals surface area contributed by atoms with Crippen LogP contribution in [0.3, 0.4) is 0 Å². The Morgan fingerprint density at radius 2 is 2.14 bits per heavy atom. The minimum atomic E-state index is 0.272. The number of rotatable bonds is 2. The van der Waals surface area contributed by atoms with Crippen molar-refractivity contribution in [2.75, 3.05) is 0 Å². The Balaban J connectivity index is 2.54. The van der Waals surface area contributed by atoms with Gasteiger partial charge in [-0.05, 0) is 19.1 Å². The van der Waals surface area contributed by atoms with Crippen LogP contribution in [-0.4, -0.2) is 14.7 Å². The number of nitrogens with zero attached hydrogens (tertiary/aromatic N) is 2. The van der Waals surface area contributed by atoms with Crippen LogP contribution in [0, 0.1) is 0 Å². The largest absolute Gasteiger partial charge is 0.507 e. The third kappa shape index (κ3) is 1.37. The smallest absolute Gasteiger partial charge is 0.143 e. The second kappa shape index (κ2) is 3.54. The first-order valence-corrected chi connectivity index (χ1v) is 4.62. The number of aryl methyl sites for hydroxylation is 1. The van der Waals surface area contributed by atoms with Crippen LogP contribution in [0.25, 0.3) is 11.4 Å². The highest BCUT2D eigenvalue weighted by Crippen LogP contribution is 2.26. The molecule has 0 aliphatic carbocycles. The van der Waals surface area contributed by atoms with Crippen LogP contribution >= 0.6 is 0 Å². The van der Waals surface area contributed by atoms with E-state index >= 15 is 0 Å². The van der Waals surface area contributed by atoms with Gasteiger partial charge in [-0.1, -0.05) is 12.1 Å². The van der Waals surface area contributed by atoms with Crippen molar-refractivity contribution in [1.29, 1.82) is 0 Å². The molecule has 2 aromatic rings. The van der Waals surface area contributed by atoms with Crippen LogP contribution in [-0.2, 0) is 6.54 Å². The van der Waals surface area contributed by atoms with Gasteiger partial charge < -0.3 is 9.67 Å². The van der Waals surface area contributed by atoms with E-state index in [-0.39, 0.29) is 5.75 Å². The van der Waals surface area contributed by atoms with Crippen molar-refractivity contribution in [3.63, 3.8) is 0 Å². The number of aromatic nitrogens is 2. The Bertz CT molecular complexity index is 434. The maximum Gasteiger partial charge on any atom is 0.143 e. The van der Waals surface area contributed by atoms with Crippen LogP contribution in [0.2, 0.25) is 0 Å². The molecule has 1 aromatic carbocycles. The molecule has 0 unspecified atom stereocenters. The van der Waals surface area contributed by atoms with Gasteiger partial charge in [0.2, 0.25) is 0 Å². The first-order valence-electron chi connectivity index (χ1n) is 4.62. The summed E-state index contributed by atoms with van der Waals surface area (Å²) in [6, 6.07) is 7.23. The van der Waals surface area contributed by atoms with E-state index < -0.39 is 0 Å². The predicted molar refractivity (Wildman–Crippen MR) is 55.0 cm³/mol. The van der Waals surface area contributed by atoms with Gasteiger partial charge in [-0.2, -0.15) is 0 Å². The molecule has 0 aliphatic rings. The van der Waals surface area contributed by atoms with Gasteiger partial charge in [-0.3, -0.25) is 0 Å². The normalized spacial score (nSPS) is 10.4. The first kappa shape index (κ1) is 8.81. The third-order valence-corrected chi connectivity index (χ3v) is 2.20. The fourth-order valence-electron chi connectivity index (χ4n) is 1.47. The summed E-state index contributed by atoms with van der Waals surface area (Å²) < 4.78 is 2.00. The van der Waals surface area contributed by atoms with Crippen molar-refractivity contribution in [1.82, 2.24) is 9.55 Å². The number of phenols is 1. The molecular formula is C11H12N2O. The number of benzene rings is 1. The number of para-hydroxylation sites is 1. The highest BCUT2D eigenvalue weighted by molar-refractivity contribution is 5.63. The Morgan fingerprint density at radius 1 is 1.36 bits per heavy atom. The van der Waals surface area contributed by atoms with Gasteiger partial charge in [0.05, 0.1) is 5.56 Å². The zero-order chi connectivity index (χ0) is 9.97. The molecule has 14 heavy (non-hydrogen) atoms. The Kier molecular flexibility index (Phi) is 2.23. The molecule has 1 heterocycles. The van der Waals surface area contributed by atoms with Crippen LogP contribution in [0.15, 0.2) is 36.7 Å². The standard InChI is InChI=1S/C11H12N2O/c1-2-13-8-7-12-11(13)9-5-3-4-6-10(9)14/h3-8,14H,2H2,1H3. The molecule has 0 spiro atoms. The number of hydrogen-bond acceptors (Lipinski definition) is 2. The minimum Gasteiger partial charge on any atom is -0.507 e. The summed E-state index contributed by atoms with van der Waals surface area (Å²) in [5.74, 6) is 1.08. The van der Waals surface area contributed by atoms with Gasteiger partial charge in [0.15, 0.2) is 0 Å². The fraction of sp³-hybridized carbons (Fsp3) is 0.182. The van der Waals surface area contributed by atoms with Gasteiger partial charge in [0.1, 0.15) is 11.6 Å². The molecular weight excluding hydrogens is 176 g/mol. The highest BCUT2D eigenvalue weighted by Gasteiger charge is 2.07. The van der Waals surface area contributed by atoms with Crippen molar-refractivity contribution >= 4 is 0 Å². The van der Waals surface area contributed by atoms with Crippen molar-refractivity contribution < 1.29 is 5.11 Å². The van der Waals surface area contributed by atoms with Gasteiger partial charge in [0.25, 0.3) is 0 Å². The molecule has 2 rings (SSSR count). The summed E-state index contributed by atoms with van der Waals surface area (Å²) in [5, 5.41) is 9.65. The fourth-order valence-corrected chi connectivity index (χ4v) is 1.47. The average Bonchev–Trinajstić information content (AvgIpc) is 2.66. The number of phenolic OH excluding ortho intramolecular Hbond substituents is 1. The van der Waals surface area contributed by atoms with Gasteiger partial charge in [-0.15, -0.1) is 0 Å². The lowest BCUT2D eigenvalue weighted by Crippen LogP contribution is -1.95. The molecule has 0 saturated heterocycles. The summed E-state index contributed by atoms with van der Waals surface area (Å²) in [4.78, 5) is 4.22. The lowest BCUT2D eigenvalue weighted by molar-refractivity contribution is 0.476. The SMILES string of the molecule is CCn1ccnc1-c1ccccc1O. The second-order valence-corrected chi connectivity index (χ2v) is 3.05. The van der Waals surface area contributed by atoms with Gasteiger partial charge in [0, 0.05) is 18.9 Å². The van der Waals surface area contributed by atoms with E-state index in [1.54, 1.807) is 18.3 Å². The van der Waals surface area contributed by atoms with Gasteiger partial charge in [-0.25, -0.2) is 4.98 Å². The number of aromatic hydroxyl groups is 1. The lowest BCUT2D eigenvalue weighted by Gasteiger charge is -2.05. The van der Waals surface area contributed by atoms with E-state index in [4.69, 9.17) is 0 Å². The monoisotopic (exact) mass is 188 g/mol. The van der Waals surface area contributed by atoms with Crippen molar-refractivity contribution in [2.45, 2.75) is 13.5 Å². The van der Waals surface area contributed by atoms with Gasteiger partial charge >= 0.3 is 0 Å². The maximum absolute atomic E-state index is 9.65.